The van der Waals surface area contributed by atoms with E-state index in [9.17, 15) is 4.39 Å². The fourth-order valence-corrected chi connectivity index (χ4v) is 2.63. The highest BCUT2D eigenvalue weighted by Gasteiger charge is 2.42. The van der Waals surface area contributed by atoms with Crippen molar-refractivity contribution in [2.75, 3.05) is 13.7 Å². The number of hydrogen-bond acceptors (Lipinski definition) is 3. The predicted octanol–water partition coefficient (Wildman–Crippen LogP) is 2.67. The lowest BCUT2D eigenvalue weighted by molar-refractivity contribution is -0.133. The SMILES string of the molecule is CCOC1CC(NC(C)c2cccc(F)c2)C1OC. The molecule has 4 heteroatoms. The topological polar surface area (TPSA) is 30.5 Å². The molecular formula is C15H22FNO2. The van der Waals surface area contributed by atoms with Crippen LogP contribution in [0.1, 0.15) is 31.9 Å². The number of methoxy groups -OCH3 is 1. The summed E-state index contributed by atoms with van der Waals surface area (Å²) in [6.45, 7) is 4.73. The quantitative estimate of drug-likeness (QED) is 0.859. The van der Waals surface area contributed by atoms with Crippen LogP contribution in [0.4, 0.5) is 4.39 Å². The van der Waals surface area contributed by atoms with E-state index in [0.29, 0.717) is 6.61 Å². The van der Waals surface area contributed by atoms with E-state index in [4.69, 9.17) is 9.47 Å². The van der Waals surface area contributed by atoms with E-state index in [2.05, 4.69) is 5.32 Å². The second kappa shape index (κ2) is 6.46. The van der Waals surface area contributed by atoms with Crippen LogP contribution < -0.4 is 5.32 Å². The zero-order valence-corrected chi connectivity index (χ0v) is 11.7. The van der Waals surface area contributed by atoms with Gasteiger partial charge in [0.15, 0.2) is 0 Å². The third-order valence-corrected chi connectivity index (χ3v) is 3.71. The molecule has 0 saturated heterocycles. The summed E-state index contributed by atoms with van der Waals surface area (Å²) in [7, 11) is 1.71. The van der Waals surface area contributed by atoms with Crippen molar-refractivity contribution in [1.29, 1.82) is 0 Å². The van der Waals surface area contributed by atoms with Crippen LogP contribution in [0.2, 0.25) is 0 Å². The molecule has 4 atom stereocenters. The third-order valence-electron chi connectivity index (χ3n) is 3.71. The standard InChI is InChI=1S/C15H22FNO2/c1-4-19-14-9-13(15(14)18-3)17-10(2)11-6-5-7-12(16)8-11/h5-8,10,13-15,17H,4,9H2,1-3H3. The molecule has 0 spiro atoms. The smallest absolute Gasteiger partial charge is 0.123 e. The van der Waals surface area contributed by atoms with Gasteiger partial charge in [0, 0.05) is 25.8 Å². The highest BCUT2D eigenvalue weighted by atomic mass is 19.1. The summed E-state index contributed by atoms with van der Waals surface area (Å²) < 4.78 is 24.2. The summed E-state index contributed by atoms with van der Waals surface area (Å²) in [5.41, 5.74) is 0.953. The molecule has 1 saturated carbocycles. The van der Waals surface area contributed by atoms with Crippen molar-refractivity contribution in [3.05, 3.63) is 35.6 Å². The normalized spacial score (nSPS) is 27.9. The van der Waals surface area contributed by atoms with Gasteiger partial charge in [-0.2, -0.15) is 0 Å². The Bertz CT molecular complexity index is 413. The first-order chi connectivity index (χ1) is 9.15. The molecule has 1 aromatic rings. The van der Waals surface area contributed by atoms with E-state index in [0.717, 1.165) is 12.0 Å². The lowest BCUT2D eigenvalue weighted by atomic mass is 9.84. The van der Waals surface area contributed by atoms with Gasteiger partial charge in [-0.1, -0.05) is 12.1 Å². The summed E-state index contributed by atoms with van der Waals surface area (Å²) >= 11 is 0. The van der Waals surface area contributed by atoms with Crippen molar-refractivity contribution in [2.45, 2.75) is 44.6 Å². The molecule has 0 amide bonds. The molecule has 1 fully saturated rings. The maximum absolute atomic E-state index is 13.2. The maximum Gasteiger partial charge on any atom is 0.123 e. The first-order valence-electron chi connectivity index (χ1n) is 6.81. The number of ether oxygens (including phenoxy) is 2. The Labute approximate surface area is 114 Å². The van der Waals surface area contributed by atoms with Crippen LogP contribution in [-0.4, -0.2) is 32.0 Å². The average Bonchev–Trinajstić information content (AvgIpc) is 2.37. The minimum atomic E-state index is -0.199. The number of hydrogen-bond donors (Lipinski definition) is 1. The Kier molecular flexibility index (Phi) is 4.91. The van der Waals surface area contributed by atoms with Gasteiger partial charge >= 0.3 is 0 Å². The molecule has 3 nitrogen and oxygen atoms in total. The number of halogens is 1. The highest BCUT2D eigenvalue weighted by Crippen LogP contribution is 2.29. The Morgan fingerprint density at radius 3 is 2.89 bits per heavy atom. The first kappa shape index (κ1) is 14.4. The summed E-state index contributed by atoms with van der Waals surface area (Å²) in [4.78, 5) is 0. The van der Waals surface area contributed by atoms with Gasteiger partial charge in [0.1, 0.15) is 5.82 Å². The van der Waals surface area contributed by atoms with Crippen molar-refractivity contribution in [3.63, 3.8) is 0 Å². The Morgan fingerprint density at radius 1 is 1.47 bits per heavy atom. The highest BCUT2D eigenvalue weighted by molar-refractivity contribution is 5.20. The Hall–Kier alpha value is -0.970. The zero-order valence-electron chi connectivity index (χ0n) is 11.7. The van der Waals surface area contributed by atoms with Crippen molar-refractivity contribution in [2.24, 2.45) is 0 Å². The van der Waals surface area contributed by atoms with Crippen LogP contribution in [0.25, 0.3) is 0 Å². The summed E-state index contributed by atoms with van der Waals surface area (Å²) in [5.74, 6) is -0.199. The molecule has 1 N–H and O–H groups in total. The molecule has 0 aromatic heterocycles. The van der Waals surface area contributed by atoms with Gasteiger partial charge in [-0.25, -0.2) is 4.39 Å². The van der Waals surface area contributed by atoms with E-state index >= 15 is 0 Å². The van der Waals surface area contributed by atoms with Crippen LogP contribution in [0.15, 0.2) is 24.3 Å². The van der Waals surface area contributed by atoms with E-state index in [1.807, 2.05) is 19.9 Å². The summed E-state index contributed by atoms with van der Waals surface area (Å²) in [5, 5.41) is 3.48. The monoisotopic (exact) mass is 267 g/mol. The molecule has 1 aliphatic carbocycles. The van der Waals surface area contributed by atoms with Gasteiger partial charge in [-0.3, -0.25) is 0 Å². The molecule has 2 rings (SSSR count). The average molecular weight is 267 g/mol. The first-order valence-corrected chi connectivity index (χ1v) is 6.81. The van der Waals surface area contributed by atoms with E-state index in [1.165, 1.54) is 6.07 Å². The Morgan fingerprint density at radius 2 is 2.26 bits per heavy atom. The van der Waals surface area contributed by atoms with Crippen molar-refractivity contribution < 1.29 is 13.9 Å². The summed E-state index contributed by atoms with van der Waals surface area (Å²) in [6, 6.07) is 7.06. The summed E-state index contributed by atoms with van der Waals surface area (Å²) in [6.07, 6.45) is 1.19. The molecule has 19 heavy (non-hydrogen) atoms. The van der Waals surface area contributed by atoms with Crippen LogP contribution in [-0.2, 0) is 9.47 Å². The predicted molar refractivity (Wildman–Crippen MR) is 72.6 cm³/mol. The second-order valence-electron chi connectivity index (χ2n) is 4.98. The van der Waals surface area contributed by atoms with Crippen LogP contribution in [0.5, 0.6) is 0 Å². The molecule has 0 bridgehead atoms. The molecule has 0 radical (unpaired) electrons. The molecule has 0 heterocycles. The van der Waals surface area contributed by atoms with Crippen molar-refractivity contribution in [1.82, 2.24) is 5.32 Å². The van der Waals surface area contributed by atoms with Gasteiger partial charge in [0.2, 0.25) is 0 Å². The van der Waals surface area contributed by atoms with Crippen LogP contribution in [0.3, 0.4) is 0 Å². The van der Waals surface area contributed by atoms with E-state index in [-0.39, 0.29) is 30.1 Å². The molecule has 1 aliphatic rings. The van der Waals surface area contributed by atoms with Gasteiger partial charge in [0.25, 0.3) is 0 Å². The lowest BCUT2D eigenvalue weighted by Crippen LogP contribution is -2.60. The number of nitrogens with one attached hydrogen (secondary N) is 1. The number of benzene rings is 1. The molecular weight excluding hydrogens is 245 g/mol. The van der Waals surface area contributed by atoms with E-state index < -0.39 is 0 Å². The Balaban J connectivity index is 1.91. The second-order valence-corrected chi connectivity index (χ2v) is 4.98. The van der Waals surface area contributed by atoms with Crippen molar-refractivity contribution >= 4 is 0 Å². The van der Waals surface area contributed by atoms with Gasteiger partial charge in [0.05, 0.1) is 12.2 Å². The zero-order chi connectivity index (χ0) is 13.8. The fraction of sp³-hybridized carbons (Fsp3) is 0.600. The molecule has 4 unspecified atom stereocenters. The van der Waals surface area contributed by atoms with E-state index in [1.54, 1.807) is 19.2 Å². The largest absolute Gasteiger partial charge is 0.377 e. The fourth-order valence-electron chi connectivity index (χ4n) is 2.63. The van der Waals surface area contributed by atoms with Crippen LogP contribution in [0, 0.1) is 5.82 Å². The van der Waals surface area contributed by atoms with Gasteiger partial charge in [-0.05, 0) is 38.0 Å². The molecule has 0 aliphatic heterocycles. The van der Waals surface area contributed by atoms with Gasteiger partial charge in [-0.15, -0.1) is 0 Å². The molecule has 106 valence electrons. The van der Waals surface area contributed by atoms with Crippen molar-refractivity contribution in [3.8, 4) is 0 Å². The molecule has 1 aromatic carbocycles. The minimum Gasteiger partial charge on any atom is -0.377 e. The lowest BCUT2D eigenvalue weighted by Gasteiger charge is -2.44. The minimum absolute atomic E-state index is 0.0796. The number of rotatable bonds is 6. The van der Waals surface area contributed by atoms with Gasteiger partial charge < -0.3 is 14.8 Å². The van der Waals surface area contributed by atoms with Crippen LogP contribution >= 0.6 is 0 Å². The third kappa shape index (κ3) is 3.32. The maximum atomic E-state index is 13.2.